The van der Waals surface area contributed by atoms with Crippen molar-refractivity contribution in [1.29, 1.82) is 0 Å². The highest BCUT2D eigenvalue weighted by molar-refractivity contribution is 7.99. The van der Waals surface area contributed by atoms with Gasteiger partial charge in [-0.25, -0.2) is 4.79 Å². The molecule has 1 atom stereocenters. The van der Waals surface area contributed by atoms with Gasteiger partial charge >= 0.3 is 6.03 Å². The number of benzene rings is 2. The van der Waals surface area contributed by atoms with Crippen molar-refractivity contribution in [1.82, 2.24) is 30.5 Å². The normalized spacial score (nSPS) is 17.4. The van der Waals surface area contributed by atoms with Crippen molar-refractivity contribution in [3.8, 4) is 22.8 Å². The number of carbonyl (C=O) groups excluding carboxylic acids is 3. The van der Waals surface area contributed by atoms with Crippen molar-refractivity contribution in [2.24, 2.45) is 0 Å². The monoisotopic (exact) mass is 494 g/mol. The van der Waals surface area contributed by atoms with E-state index in [1.165, 1.54) is 0 Å². The number of nitrogens with one attached hydrogen (secondary N) is 2. The Labute approximate surface area is 207 Å². The van der Waals surface area contributed by atoms with E-state index in [1.54, 1.807) is 13.8 Å². The third kappa shape index (κ3) is 4.99. The predicted molar refractivity (Wildman–Crippen MR) is 131 cm³/mol. The van der Waals surface area contributed by atoms with E-state index in [0.717, 1.165) is 33.8 Å². The number of amides is 4. The van der Waals surface area contributed by atoms with Crippen molar-refractivity contribution in [2.45, 2.75) is 37.9 Å². The minimum atomic E-state index is -1.03. The summed E-state index contributed by atoms with van der Waals surface area (Å²) in [4.78, 5) is 37.3. The first-order valence-corrected chi connectivity index (χ1v) is 12.2. The lowest BCUT2D eigenvalue weighted by Gasteiger charge is -2.19. The first-order chi connectivity index (χ1) is 16.9. The summed E-state index contributed by atoms with van der Waals surface area (Å²) in [7, 11) is 0. The molecule has 2 aromatic carbocycles. The molecule has 2 N–H and O–H groups in total. The van der Waals surface area contributed by atoms with Gasteiger partial charge in [0.05, 0.1) is 12.4 Å². The molecule has 1 aromatic heterocycles. The zero-order valence-electron chi connectivity index (χ0n) is 19.6. The van der Waals surface area contributed by atoms with Gasteiger partial charge in [-0.3, -0.25) is 19.6 Å². The molecule has 182 valence electrons. The molecule has 11 heteroatoms. The van der Waals surface area contributed by atoms with Crippen LogP contribution >= 0.6 is 11.8 Å². The van der Waals surface area contributed by atoms with E-state index >= 15 is 0 Å². The van der Waals surface area contributed by atoms with E-state index in [1.807, 2.05) is 66.1 Å². The summed E-state index contributed by atoms with van der Waals surface area (Å²) in [5.74, 6) is 0.273. The number of imide groups is 1. The molecule has 1 aliphatic rings. The van der Waals surface area contributed by atoms with Crippen LogP contribution in [0.4, 0.5) is 4.79 Å². The van der Waals surface area contributed by atoms with Crippen LogP contribution in [-0.4, -0.2) is 55.5 Å². The number of carbonyl (C=O) groups is 3. The third-order valence-electron chi connectivity index (χ3n) is 5.61. The van der Waals surface area contributed by atoms with Crippen molar-refractivity contribution < 1.29 is 19.1 Å². The van der Waals surface area contributed by atoms with Crippen LogP contribution in [0.25, 0.3) is 17.1 Å². The lowest BCUT2D eigenvalue weighted by molar-refractivity contribution is -0.137. The fourth-order valence-corrected chi connectivity index (χ4v) is 4.29. The Kier molecular flexibility index (Phi) is 7.06. The number of thioether (sulfide) groups is 1. The smallest absolute Gasteiger partial charge is 0.344 e. The topological polar surface area (TPSA) is 118 Å². The molecular weight excluding hydrogens is 468 g/mol. The van der Waals surface area contributed by atoms with E-state index in [9.17, 15) is 14.4 Å². The second kappa shape index (κ2) is 10.2. The van der Waals surface area contributed by atoms with Gasteiger partial charge in [-0.15, -0.1) is 10.2 Å². The van der Waals surface area contributed by atoms with E-state index in [2.05, 4.69) is 20.9 Å². The van der Waals surface area contributed by atoms with Gasteiger partial charge in [-0.1, -0.05) is 49.0 Å². The fraction of sp³-hybridized carbons (Fsp3) is 0.292. The minimum Gasteiger partial charge on any atom is -0.494 e. The van der Waals surface area contributed by atoms with Crippen LogP contribution in [0.1, 0.15) is 27.2 Å². The van der Waals surface area contributed by atoms with Gasteiger partial charge in [0.2, 0.25) is 5.91 Å². The largest absolute Gasteiger partial charge is 0.494 e. The fourth-order valence-electron chi connectivity index (χ4n) is 3.54. The molecule has 4 rings (SSSR count). The van der Waals surface area contributed by atoms with E-state index in [0.29, 0.717) is 24.0 Å². The first-order valence-electron chi connectivity index (χ1n) is 11.2. The zero-order chi connectivity index (χ0) is 25.0. The van der Waals surface area contributed by atoms with Crippen molar-refractivity contribution >= 4 is 29.6 Å². The molecule has 0 aliphatic carbocycles. The molecule has 0 spiro atoms. The highest BCUT2D eigenvalue weighted by atomic mass is 32.2. The zero-order valence-corrected chi connectivity index (χ0v) is 20.5. The molecule has 1 fully saturated rings. The van der Waals surface area contributed by atoms with Gasteiger partial charge in [0.15, 0.2) is 11.0 Å². The van der Waals surface area contributed by atoms with Gasteiger partial charge in [-0.2, -0.15) is 5.01 Å². The van der Waals surface area contributed by atoms with Crippen LogP contribution in [-0.2, 0) is 9.59 Å². The van der Waals surface area contributed by atoms with E-state index < -0.39 is 23.4 Å². The van der Waals surface area contributed by atoms with Crippen molar-refractivity contribution in [2.75, 3.05) is 12.4 Å². The SMILES string of the molecule is CCOc1ccc(-n2c(SCC(=O)NN3C(=O)N[C@@](C)(CC)C3=O)nnc2-c2ccccc2)cc1. The number of hydrogen-bond acceptors (Lipinski definition) is 7. The maximum absolute atomic E-state index is 12.6. The van der Waals surface area contributed by atoms with Gasteiger partial charge < -0.3 is 10.1 Å². The summed E-state index contributed by atoms with van der Waals surface area (Å²) in [6, 6.07) is 16.4. The number of hydrogen-bond donors (Lipinski definition) is 2. The Bertz CT molecular complexity index is 1230. The Morgan fingerprint density at radius 3 is 2.43 bits per heavy atom. The Morgan fingerprint density at radius 1 is 1.09 bits per heavy atom. The van der Waals surface area contributed by atoms with Gasteiger partial charge in [0.25, 0.3) is 5.91 Å². The minimum absolute atomic E-state index is 0.0795. The molecule has 3 aromatic rings. The van der Waals surface area contributed by atoms with Crippen LogP contribution in [0.15, 0.2) is 59.8 Å². The van der Waals surface area contributed by atoms with Crippen LogP contribution in [0.2, 0.25) is 0 Å². The number of ether oxygens (including phenoxy) is 1. The number of nitrogens with zero attached hydrogens (tertiary/aromatic N) is 4. The van der Waals surface area contributed by atoms with Gasteiger partial charge in [-0.05, 0) is 44.5 Å². The van der Waals surface area contributed by atoms with E-state index in [-0.39, 0.29) is 5.75 Å². The molecule has 1 saturated heterocycles. The molecule has 10 nitrogen and oxygen atoms in total. The second-order valence-electron chi connectivity index (χ2n) is 8.01. The maximum atomic E-state index is 12.6. The van der Waals surface area contributed by atoms with Crippen molar-refractivity contribution in [3.63, 3.8) is 0 Å². The number of aromatic nitrogens is 3. The summed E-state index contributed by atoms with van der Waals surface area (Å²) >= 11 is 1.15. The van der Waals surface area contributed by atoms with Gasteiger partial charge in [0, 0.05) is 11.3 Å². The summed E-state index contributed by atoms with van der Waals surface area (Å²) in [6.07, 6.45) is 0.409. The maximum Gasteiger partial charge on any atom is 0.344 e. The molecule has 0 unspecified atom stereocenters. The first kappa shape index (κ1) is 24.3. The summed E-state index contributed by atoms with van der Waals surface area (Å²) in [5, 5.41) is 12.5. The van der Waals surface area contributed by atoms with Crippen LogP contribution < -0.4 is 15.5 Å². The predicted octanol–water partition coefficient (Wildman–Crippen LogP) is 3.18. The molecule has 35 heavy (non-hydrogen) atoms. The molecule has 4 amide bonds. The average Bonchev–Trinajstić information content (AvgIpc) is 3.39. The third-order valence-corrected chi connectivity index (χ3v) is 6.54. The lowest BCUT2D eigenvalue weighted by atomic mass is 10.00. The highest BCUT2D eigenvalue weighted by Crippen LogP contribution is 2.29. The molecular formula is C24H26N6O4S. The quantitative estimate of drug-likeness (QED) is 0.346. The molecule has 1 aliphatic heterocycles. The Hall–Kier alpha value is -3.86. The summed E-state index contributed by atoms with van der Waals surface area (Å²) < 4.78 is 7.39. The average molecular weight is 495 g/mol. The van der Waals surface area contributed by atoms with Gasteiger partial charge in [0.1, 0.15) is 11.3 Å². The van der Waals surface area contributed by atoms with Crippen LogP contribution in [0.3, 0.4) is 0 Å². The second-order valence-corrected chi connectivity index (χ2v) is 8.96. The highest BCUT2D eigenvalue weighted by Gasteiger charge is 2.47. The molecule has 0 radical (unpaired) electrons. The molecule has 0 saturated carbocycles. The summed E-state index contributed by atoms with van der Waals surface area (Å²) in [6.45, 7) is 5.89. The number of urea groups is 1. The van der Waals surface area contributed by atoms with Crippen molar-refractivity contribution in [3.05, 3.63) is 54.6 Å². The van der Waals surface area contributed by atoms with Crippen LogP contribution in [0, 0.1) is 0 Å². The molecule has 2 heterocycles. The standard InChI is InChI=1S/C24H26N6O4S/c1-4-24(3)21(32)30(22(33)25-24)28-19(31)15-35-23-27-26-20(16-9-7-6-8-10-16)29(23)17-11-13-18(14-12-17)34-5-2/h6-14H,4-5,15H2,1-3H3,(H,25,33)(H,28,31)/t24-/m0/s1. The van der Waals surface area contributed by atoms with E-state index in [4.69, 9.17) is 4.74 Å². The number of hydrazine groups is 1. The Morgan fingerprint density at radius 2 is 1.80 bits per heavy atom. The number of rotatable bonds is 9. The Balaban J connectivity index is 1.55. The van der Waals surface area contributed by atoms with Crippen LogP contribution in [0.5, 0.6) is 5.75 Å². The lowest BCUT2D eigenvalue weighted by Crippen LogP contribution is -2.49. The molecule has 0 bridgehead atoms. The summed E-state index contributed by atoms with van der Waals surface area (Å²) in [5.41, 5.74) is 3.03.